The average Bonchev–Trinajstić information content (AvgIpc) is 3.04. The second kappa shape index (κ2) is 8.51. The lowest BCUT2D eigenvalue weighted by molar-refractivity contribution is 0.0634. The fraction of sp³-hybridized carbons (Fsp3) is 0.391. The zero-order chi connectivity index (χ0) is 20.4. The van der Waals surface area contributed by atoms with Gasteiger partial charge < -0.3 is 10.6 Å². The van der Waals surface area contributed by atoms with Gasteiger partial charge in [0.1, 0.15) is 9.71 Å². The van der Waals surface area contributed by atoms with Crippen molar-refractivity contribution in [2.45, 2.75) is 26.8 Å². The molecule has 1 fully saturated rings. The number of pyridine rings is 1. The average molecular weight is 409 g/mol. The predicted octanol–water partition coefficient (Wildman–Crippen LogP) is 4.04. The minimum Gasteiger partial charge on any atom is -0.397 e. The molecule has 0 bridgehead atoms. The van der Waals surface area contributed by atoms with Crippen LogP contribution in [0.15, 0.2) is 42.5 Å². The minimum atomic E-state index is 0.0373. The number of aromatic nitrogens is 1. The summed E-state index contributed by atoms with van der Waals surface area (Å²) < 4.78 is 0. The Kier molecular flexibility index (Phi) is 5.83. The van der Waals surface area contributed by atoms with Gasteiger partial charge in [0.25, 0.3) is 5.91 Å². The smallest absolute Gasteiger partial charge is 0.266 e. The Labute approximate surface area is 176 Å². The maximum Gasteiger partial charge on any atom is 0.266 e. The van der Waals surface area contributed by atoms with E-state index in [0.29, 0.717) is 16.5 Å². The standard InChI is InChI=1S/C23H28N4OS/c1-16(2)14-18-8-9-19-20(24)21(29-22(19)25-18)23(28)27-12-10-26(11-13-27)15-17-6-4-3-5-7-17/h3-9,16H,10-15,24H2,1-2H3. The van der Waals surface area contributed by atoms with Crippen LogP contribution in [0.25, 0.3) is 10.2 Å². The van der Waals surface area contributed by atoms with Gasteiger partial charge in [0.15, 0.2) is 0 Å². The summed E-state index contributed by atoms with van der Waals surface area (Å²) in [6, 6.07) is 14.5. The number of anilines is 1. The molecule has 1 aliphatic rings. The van der Waals surface area contributed by atoms with Gasteiger partial charge in [-0.05, 0) is 30.0 Å². The van der Waals surface area contributed by atoms with Crippen LogP contribution >= 0.6 is 11.3 Å². The first-order valence-electron chi connectivity index (χ1n) is 10.2. The van der Waals surface area contributed by atoms with Gasteiger partial charge in [-0.1, -0.05) is 44.2 Å². The van der Waals surface area contributed by atoms with Gasteiger partial charge in [-0.3, -0.25) is 9.69 Å². The lowest BCUT2D eigenvalue weighted by Crippen LogP contribution is -2.48. The highest BCUT2D eigenvalue weighted by atomic mass is 32.1. The predicted molar refractivity (Wildman–Crippen MR) is 120 cm³/mol. The number of carbonyl (C=O) groups is 1. The first-order chi connectivity index (χ1) is 14.0. The maximum absolute atomic E-state index is 13.1. The van der Waals surface area contributed by atoms with Crippen LogP contribution < -0.4 is 5.73 Å². The summed E-state index contributed by atoms with van der Waals surface area (Å²) in [7, 11) is 0. The molecular formula is C23H28N4OS. The van der Waals surface area contributed by atoms with Crippen LogP contribution in [0.1, 0.15) is 34.8 Å². The molecule has 1 amide bonds. The summed E-state index contributed by atoms with van der Waals surface area (Å²) in [6.07, 6.45) is 0.931. The van der Waals surface area contributed by atoms with Gasteiger partial charge in [-0.2, -0.15) is 0 Å². The van der Waals surface area contributed by atoms with Crippen LogP contribution in [0.4, 0.5) is 5.69 Å². The van der Waals surface area contributed by atoms with E-state index in [1.165, 1.54) is 16.9 Å². The monoisotopic (exact) mass is 408 g/mol. The molecule has 4 rings (SSSR count). The molecule has 6 heteroatoms. The molecule has 0 atom stereocenters. The quantitative estimate of drug-likeness (QED) is 0.692. The number of nitrogens with two attached hydrogens (primary N) is 1. The molecule has 3 aromatic rings. The van der Waals surface area contributed by atoms with Crippen molar-refractivity contribution in [3.05, 3.63) is 58.6 Å². The van der Waals surface area contributed by atoms with Crippen LogP contribution in [0.3, 0.4) is 0 Å². The summed E-state index contributed by atoms with van der Waals surface area (Å²) in [4.78, 5) is 23.7. The molecule has 0 radical (unpaired) electrons. The molecule has 1 aliphatic heterocycles. The first kappa shape index (κ1) is 19.9. The number of rotatable bonds is 5. The number of carbonyl (C=O) groups excluding carboxylic acids is 1. The Morgan fingerprint density at radius 3 is 2.52 bits per heavy atom. The van der Waals surface area contributed by atoms with Crippen molar-refractivity contribution in [2.75, 3.05) is 31.9 Å². The Morgan fingerprint density at radius 1 is 1.10 bits per heavy atom. The highest BCUT2D eigenvalue weighted by Gasteiger charge is 2.26. The zero-order valence-corrected chi connectivity index (χ0v) is 17.9. The zero-order valence-electron chi connectivity index (χ0n) is 17.1. The van der Waals surface area contributed by atoms with E-state index in [0.717, 1.165) is 55.1 Å². The van der Waals surface area contributed by atoms with E-state index in [-0.39, 0.29) is 5.91 Å². The highest BCUT2D eigenvalue weighted by molar-refractivity contribution is 7.21. The van der Waals surface area contributed by atoms with Crippen molar-refractivity contribution >= 4 is 33.1 Å². The first-order valence-corrected chi connectivity index (χ1v) is 11.1. The van der Waals surface area contributed by atoms with Crippen molar-refractivity contribution in [1.82, 2.24) is 14.8 Å². The van der Waals surface area contributed by atoms with Crippen LogP contribution in [0, 0.1) is 5.92 Å². The second-order valence-corrected chi connectivity index (χ2v) is 9.15. The maximum atomic E-state index is 13.1. The van der Waals surface area contributed by atoms with Crippen molar-refractivity contribution in [3.8, 4) is 0 Å². The molecule has 1 saturated heterocycles. The van der Waals surface area contributed by atoms with Crippen molar-refractivity contribution in [2.24, 2.45) is 5.92 Å². The Hall–Kier alpha value is -2.44. The number of nitrogen functional groups attached to an aromatic ring is 1. The normalized spacial score (nSPS) is 15.3. The van der Waals surface area contributed by atoms with Gasteiger partial charge >= 0.3 is 0 Å². The van der Waals surface area contributed by atoms with E-state index < -0.39 is 0 Å². The molecule has 3 heterocycles. The minimum absolute atomic E-state index is 0.0373. The van der Waals surface area contributed by atoms with E-state index in [1.807, 2.05) is 23.1 Å². The molecule has 0 aliphatic carbocycles. The van der Waals surface area contributed by atoms with E-state index in [2.05, 4.69) is 43.0 Å². The van der Waals surface area contributed by atoms with Crippen molar-refractivity contribution in [3.63, 3.8) is 0 Å². The van der Waals surface area contributed by atoms with Gasteiger partial charge in [0, 0.05) is 43.8 Å². The Balaban J connectivity index is 1.44. The number of piperazine rings is 1. The van der Waals surface area contributed by atoms with E-state index in [1.54, 1.807) is 0 Å². The summed E-state index contributed by atoms with van der Waals surface area (Å²) in [6.45, 7) is 8.50. The lowest BCUT2D eigenvalue weighted by atomic mass is 10.1. The molecule has 152 valence electrons. The second-order valence-electron chi connectivity index (χ2n) is 8.15. The summed E-state index contributed by atoms with van der Waals surface area (Å²) in [5.74, 6) is 0.584. The van der Waals surface area contributed by atoms with Crippen LogP contribution in [0.2, 0.25) is 0 Å². The van der Waals surface area contributed by atoms with Crippen molar-refractivity contribution in [1.29, 1.82) is 0 Å². The third kappa shape index (κ3) is 4.43. The van der Waals surface area contributed by atoms with E-state index in [4.69, 9.17) is 10.7 Å². The van der Waals surface area contributed by atoms with Gasteiger partial charge in [0.05, 0.1) is 5.69 Å². The highest BCUT2D eigenvalue weighted by Crippen LogP contribution is 2.34. The lowest BCUT2D eigenvalue weighted by Gasteiger charge is -2.34. The molecule has 5 nitrogen and oxygen atoms in total. The Bertz CT molecular complexity index is 991. The summed E-state index contributed by atoms with van der Waals surface area (Å²) in [5, 5.41) is 0.897. The van der Waals surface area contributed by atoms with Gasteiger partial charge in [-0.15, -0.1) is 11.3 Å². The fourth-order valence-corrected chi connectivity index (χ4v) is 4.90. The largest absolute Gasteiger partial charge is 0.397 e. The number of hydrogen-bond donors (Lipinski definition) is 1. The number of nitrogens with zero attached hydrogens (tertiary/aromatic N) is 3. The molecule has 0 unspecified atom stereocenters. The summed E-state index contributed by atoms with van der Waals surface area (Å²) >= 11 is 1.43. The molecule has 2 aromatic heterocycles. The molecule has 2 N–H and O–H groups in total. The van der Waals surface area contributed by atoms with E-state index >= 15 is 0 Å². The molecular weight excluding hydrogens is 380 g/mol. The van der Waals surface area contributed by atoms with Crippen LogP contribution in [-0.4, -0.2) is 46.9 Å². The number of fused-ring (bicyclic) bond motifs is 1. The molecule has 1 aromatic carbocycles. The van der Waals surface area contributed by atoms with Crippen molar-refractivity contribution < 1.29 is 4.79 Å². The topological polar surface area (TPSA) is 62.5 Å². The van der Waals surface area contributed by atoms with E-state index in [9.17, 15) is 4.79 Å². The van der Waals surface area contributed by atoms with Gasteiger partial charge in [-0.25, -0.2) is 4.98 Å². The number of amides is 1. The molecule has 0 spiro atoms. The fourth-order valence-electron chi connectivity index (χ4n) is 3.82. The number of thiophene rings is 1. The van der Waals surface area contributed by atoms with Crippen LogP contribution in [-0.2, 0) is 13.0 Å². The third-order valence-electron chi connectivity index (χ3n) is 5.37. The molecule has 29 heavy (non-hydrogen) atoms. The SMILES string of the molecule is CC(C)Cc1ccc2c(N)c(C(=O)N3CCN(Cc4ccccc4)CC3)sc2n1. The van der Waals surface area contributed by atoms with Gasteiger partial charge in [0.2, 0.25) is 0 Å². The number of benzene rings is 1. The third-order valence-corrected chi connectivity index (χ3v) is 6.47. The number of hydrogen-bond acceptors (Lipinski definition) is 5. The molecule has 0 saturated carbocycles. The van der Waals surface area contributed by atoms with Crippen LogP contribution in [0.5, 0.6) is 0 Å². The summed E-state index contributed by atoms with van der Waals surface area (Å²) in [5.41, 5.74) is 9.28. The Morgan fingerprint density at radius 2 is 1.83 bits per heavy atom.